The molecule has 1 unspecified atom stereocenters. The number of oxazole rings is 1. The highest BCUT2D eigenvalue weighted by atomic mass is 19.4. The zero-order chi connectivity index (χ0) is 20.8. The Labute approximate surface area is 164 Å². The molecule has 2 N–H and O–H groups in total. The Bertz CT molecular complexity index is 1040. The van der Waals surface area contributed by atoms with Crippen LogP contribution in [-0.4, -0.2) is 35.8 Å². The van der Waals surface area contributed by atoms with E-state index in [-0.39, 0.29) is 12.4 Å². The van der Waals surface area contributed by atoms with Gasteiger partial charge in [0.15, 0.2) is 18.8 Å². The van der Waals surface area contributed by atoms with Gasteiger partial charge in [-0.1, -0.05) is 0 Å². The highest BCUT2D eigenvalue weighted by Gasteiger charge is 2.43. The van der Waals surface area contributed by atoms with Crippen LogP contribution in [0.25, 0.3) is 11.3 Å². The number of alkyl halides is 3. The first kappa shape index (κ1) is 19.1. The summed E-state index contributed by atoms with van der Waals surface area (Å²) in [6.45, 7) is 3.30. The number of nitrogens with one attached hydrogen (secondary N) is 2. The summed E-state index contributed by atoms with van der Waals surface area (Å²) in [6.07, 6.45) is -0.435. The molecule has 0 saturated heterocycles. The van der Waals surface area contributed by atoms with Crippen LogP contribution in [0.3, 0.4) is 0 Å². The number of aliphatic imine (C=N–C) groups is 1. The fourth-order valence-electron chi connectivity index (χ4n) is 3.33. The third-order valence-corrected chi connectivity index (χ3v) is 4.65. The van der Waals surface area contributed by atoms with Gasteiger partial charge in [0.25, 0.3) is 5.84 Å². The van der Waals surface area contributed by atoms with Crippen molar-refractivity contribution in [2.45, 2.75) is 20.1 Å². The predicted octanol–water partition coefficient (Wildman–Crippen LogP) is 2.86. The van der Waals surface area contributed by atoms with E-state index in [2.05, 4.69) is 15.3 Å². The number of amidine groups is 1. The molecule has 0 saturated carbocycles. The molecule has 152 valence electrons. The van der Waals surface area contributed by atoms with Gasteiger partial charge in [-0.15, -0.1) is 13.2 Å². The van der Waals surface area contributed by atoms with E-state index < -0.39 is 6.30 Å². The second-order valence-electron chi connectivity index (χ2n) is 6.72. The smallest absolute Gasteiger partial charge is 0.488 e. The van der Waals surface area contributed by atoms with Crippen LogP contribution in [0, 0.1) is 6.92 Å². The molecule has 0 amide bonds. The fraction of sp³-hybridized carbons (Fsp3) is 0.263. The summed E-state index contributed by atoms with van der Waals surface area (Å²) < 4.78 is 50.8. The van der Waals surface area contributed by atoms with Crippen molar-refractivity contribution in [3.8, 4) is 17.1 Å². The zero-order valence-corrected chi connectivity index (χ0v) is 16.0. The lowest BCUT2D eigenvalue weighted by Crippen LogP contribution is -3.12. The van der Waals surface area contributed by atoms with Crippen molar-refractivity contribution >= 4 is 11.5 Å². The number of methoxy groups -OCH3 is 1. The molecular formula is C19H19F3N5O2+. The van der Waals surface area contributed by atoms with Gasteiger partial charge >= 0.3 is 6.30 Å². The highest BCUT2D eigenvalue weighted by Crippen LogP contribution is 2.34. The molecular weight excluding hydrogens is 387 g/mol. The number of halogens is 3. The van der Waals surface area contributed by atoms with E-state index in [4.69, 9.17) is 9.15 Å². The predicted molar refractivity (Wildman–Crippen MR) is 99.8 cm³/mol. The maximum Gasteiger partial charge on any atom is 0.488 e. The Kier molecular flexibility index (Phi) is 4.58. The Morgan fingerprint density at radius 3 is 2.72 bits per heavy atom. The molecule has 0 fully saturated rings. The molecule has 29 heavy (non-hydrogen) atoms. The van der Waals surface area contributed by atoms with E-state index in [1.807, 2.05) is 6.92 Å². The van der Waals surface area contributed by atoms with E-state index >= 15 is 0 Å². The number of ether oxygens (including phenoxy) is 1. The largest absolute Gasteiger partial charge is 0.496 e. The van der Waals surface area contributed by atoms with Crippen LogP contribution in [0.4, 0.5) is 18.9 Å². The van der Waals surface area contributed by atoms with E-state index in [0.717, 1.165) is 6.20 Å². The van der Waals surface area contributed by atoms with E-state index in [9.17, 15) is 13.2 Å². The van der Waals surface area contributed by atoms with Crippen LogP contribution < -0.4 is 15.0 Å². The molecule has 0 radical (unpaired) electrons. The van der Waals surface area contributed by atoms with Crippen molar-refractivity contribution in [3.05, 3.63) is 54.1 Å². The fourth-order valence-corrected chi connectivity index (χ4v) is 3.33. The molecule has 3 heterocycles. The summed E-state index contributed by atoms with van der Waals surface area (Å²) in [5, 5.41) is 3.05. The number of rotatable bonds is 4. The standard InChI is InChI=1S/C19H18F3N5O2/c1-11-7-26-10-27(19(20,21)22)8-15(18(26)24-11)25-13-4-5-14(16(6-13)28-3)17-12(2)23-9-29-17/h4-9,25H,10H2,1-3H3/p+1. The summed E-state index contributed by atoms with van der Waals surface area (Å²) in [5.74, 6) is 1.59. The van der Waals surface area contributed by atoms with E-state index in [1.54, 1.807) is 31.3 Å². The Balaban J connectivity index is 1.68. The summed E-state index contributed by atoms with van der Waals surface area (Å²) >= 11 is 0. The number of anilines is 1. The van der Waals surface area contributed by atoms with Gasteiger partial charge in [0.1, 0.15) is 17.6 Å². The first-order chi connectivity index (χ1) is 13.8. The van der Waals surface area contributed by atoms with Crippen LogP contribution in [0.15, 0.2) is 57.8 Å². The lowest BCUT2D eigenvalue weighted by atomic mass is 10.1. The summed E-state index contributed by atoms with van der Waals surface area (Å²) in [6, 6.07) is 5.20. The number of aryl methyl sites for hydroxylation is 1. The van der Waals surface area contributed by atoms with E-state index in [0.29, 0.717) is 49.8 Å². The van der Waals surface area contributed by atoms with Crippen LogP contribution in [0.2, 0.25) is 0 Å². The highest BCUT2D eigenvalue weighted by molar-refractivity contribution is 5.96. The third kappa shape index (κ3) is 3.58. The van der Waals surface area contributed by atoms with Crippen LogP contribution in [0.1, 0.15) is 12.6 Å². The molecule has 1 atom stereocenters. The lowest BCUT2D eigenvalue weighted by Gasteiger charge is -2.30. The van der Waals surface area contributed by atoms with Gasteiger partial charge in [-0.25, -0.2) is 14.8 Å². The Morgan fingerprint density at radius 2 is 2.07 bits per heavy atom. The molecule has 2 aromatic rings. The molecule has 1 aromatic carbocycles. The van der Waals surface area contributed by atoms with Gasteiger partial charge in [-0.05, 0) is 26.0 Å². The van der Waals surface area contributed by atoms with Crippen molar-refractivity contribution in [2.75, 3.05) is 19.1 Å². The van der Waals surface area contributed by atoms with Gasteiger partial charge < -0.3 is 14.5 Å². The second-order valence-corrected chi connectivity index (χ2v) is 6.72. The quantitative estimate of drug-likeness (QED) is 0.765. The number of allylic oxidation sites excluding steroid dienone is 1. The first-order valence-corrected chi connectivity index (χ1v) is 8.80. The Morgan fingerprint density at radius 1 is 1.28 bits per heavy atom. The minimum absolute atomic E-state index is 0.266. The van der Waals surface area contributed by atoms with Gasteiger partial charge in [-0.3, -0.25) is 0 Å². The minimum atomic E-state index is -4.48. The van der Waals surface area contributed by atoms with Crippen molar-refractivity contribution in [1.29, 1.82) is 0 Å². The van der Waals surface area contributed by atoms with Crippen LogP contribution in [0.5, 0.6) is 5.75 Å². The zero-order valence-electron chi connectivity index (χ0n) is 16.0. The number of hydrogen-bond donors (Lipinski definition) is 2. The van der Waals surface area contributed by atoms with Crippen LogP contribution >= 0.6 is 0 Å². The molecule has 0 bridgehead atoms. The molecule has 10 heteroatoms. The maximum atomic E-state index is 13.3. The number of nitrogens with zero attached hydrogens (tertiary/aromatic N) is 3. The Hall–Kier alpha value is -3.27. The van der Waals surface area contributed by atoms with Gasteiger partial charge in [0, 0.05) is 18.0 Å². The molecule has 2 aliphatic rings. The molecule has 4 rings (SSSR count). The molecule has 0 spiro atoms. The van der Waals surface area contributed by atoms with Crippen molar-refractivity contribution in [2.24, 2.45) is 4.99 Å². The summed E-state index contributed by atoms with van der Waals surface area (Å²) in [5.41, 5.74) is 2.90. The van der Waals surface area contributed by atoms with Crippen molar-refractivity contribution in [1.82, 2.24) is 9.88 Å². The average molecular weight is 406 g/mol. The van der Waals surface area contributed by atoms with Gasteiger partial charge in [0.2, 0.25) is 0 Å². The molecule has 7 nitrogen and oxygen atoms in total. The number of quaternary nitrogens is 1. The van der Waals surface area contributed by atoms with Crippen molar-refractivity contribution < 1.29 is 27.2 Å². The number of aromatic nitrogens is 1. The normalized spacial score (nSPS) is 18.8. The van der Waals surface area contributed by atoms with Gasteiger partial charge in [-0.2, -0.15) is 4.99 Å². The van der Waals surface area contributed by atoms with Crippen LogP contribution in [-0.2, 0) is 0 Å². The molecule has 2 aliphatic heterocycles. The SMILES string of the molecule is COc1cc(NC2=CN(C(F)(F)F)C[NH+]3C=C(C)N=C23)ccc1-c1ocnc1C. The monoisotopic (exact) mass is 406 g/mol. The number of hydrogen-bond acceptors (Lipinski definition) is 6. The minimum Gasteiger partial charge on any atom is -0.496 e. The number of benzene rings is 1. The summed E-state index contributed by atoms with van der Waals surface area (Å²) in [7, 11) is 1.51. The maximum absolute atomic E-state index is 13.3. The van der Waals surface area contributed by atoms with Crippen molar-refractivity contribution in [3.63, 3.8) is 0 Å². The molecule has 1 aromatic heterocycles. The lowest BCUT2D eigenvalue weighted by molar-refractivity contribution is -0.764. The van der Waals surface area contributed by atoms with E-state index in [1.165, 1.54) is 13.5 Å². The average Bonchev–Trinajstić information content (AvgIpc) is 3.25. The summed E-state index contributed by atoms with van der Waals surface area (Å²) in [4.78, 5) is 9.31. The first-order valence-electron chi connectivity index (χ1n) is 8.80. The number of fused-ring (bicyclic) bond motifs is 1. The second kappa shape index (κ2) is 6.96. The topological polar surface area (TPSA) is 67.3 Å². The van der Waals surface area contributed by atoms with Gasteiger partial charge in [0.05, 0.1) is 24.1 Å². The molecule has 0 aliphatic carbocycles. The third-order valence-electron chi connectivity index (χ3n) is 4.65.